The predicted octanol–water partition coefficient (Wildman–Crippen LogP) is 5.82. The Kier molecular flexibility index (Phi) is 7.74. The highest BCUT2D eigenvalue weighted by Gasteiger charge is 2.35. The van der Waals surface area contributed by atoms with Crippen LogP contribution in [0.2, 0.25) is 0 Å². The molecule has 44 heavy (non-hydrogen) atoms. The van der Waals surface area contributed by atoms with E-state index < -0.39 is 17.8 Å². The van der Waals surface area contributed by atoms with Crippen molar-refractivity contribution >= 4 is 69.8 Å². The summed E-state index contributed by atoms with van der Waals surface area (Å²) < 4.78 is 2.02. The van der Waals surface area contributed by atoms with Gasteiger partial charge in [-0.25, -0.2) is 4.79 Å². The zero-order chi connectivity index (χ0) is 31.1. The number of aromatic nitrogens is 1. The minimum Gasteiger partial charge on any atom is -0.478 e. The van der Waals surface area contributed by atoms with E-state index in [1.165, 1.54) is 40.1 Å². The Balaban J connectivity index is 1.39. The Morgan fingerprint density at radius 2 is 1.73 bits per heavy atom. The number of fused-ring (bicyclic) bond motifs is 1. The molecule has 0 unspecified atom stereocenters. The first-order valence-electron chi connectivity index (χ1n) is 14.1. The average molecular weight is 625 g/mol. The summed E-state index contributed by atoms with van der Waals surface area (Å²) in [6.07, 6.45) is 5.37. The van der Waals surface area contributed by atoms with Gasteiger partial charge in [-0.1, -0.05) is 18.2 Å². The lowest BCUT2D eigenvalue weighted by molar-refractivity contribution is -0.122. The van der Waals surface area contributed by atoms with Crippen LogP contribution in [0, 0.1) is 13.8 Å². The maximum absolute atomic E-state index is 13.8. The van der Waals surface area contributed by atoms with Gasteiger partial charge in [0.2, 0.25) is 0 Å². The number of nitrogens with one attached hydrogen (secondary N) is 2. The third kappa shape index (κ3) is 5.24. The second-order valence-electron chi connectivity index (χ2n) is 10.7. The molecule has 0 saturated carbocycles. The summed E-state index contributed by atoms with van der Waals surface area (Å²) in [7, 11) is 0. The van der Waals surface area contributed by atoms with Gasteiger partial charge >= 0.3 is 5.97 Å². The molecule has 0 radical (unpaired) electrons. The quantitative estimate of drug-likeness (QED) is 0.141. The molecular weight excluding hydrogens is 597 g/mol. The summed E-state index contributed by atoms with van der Waals surface area (Å²) in [5.74, 6) is -2.52. The van der Waals surface area contributed by atoms with Gasteiger partial charge in [0.1, 0.15) is 10.6 Å². The normalized spacial score (nSPS) is 15.7. The number of benzene rings is 2. The second kappa shape index (κ2) is 11.7. The number of thiophene rings is 1. The van der Waals surface area contributed by atoms with Crippen molar-refractivity contribution in [3.8, 4) is 5.00 Å². The molecule has 2 aliphatic rings. The van der Waals surface area contributed by atoms with Gasteiger partial charge in [0, 0.05) is 22.0 Å². The van der Waals surface area contributed by atoms with Crippen molar-refractivity contribution in [1.82, 2.24) is 9.88 Å². The fourth-order valence-electron chi connectivity index (χ4n) is 5.70. The fraction of sp³-hybridized carbons (Fsp3) is 0.182. The van der Waals surface area contributed by atoms with Crippen molar-refractivity contribution in [2.24, 2.45) is 0 Å². The topological polar surface area (TPSA) is 121 Å². The zero-order valence-corrected chi connectivity index (χ0v) is 25.6. The second-order valence-corrected chi connectivity index (χ2v) is 12.2. The molecule has 6 rings (SSSR count). The van der Waals surface area contributed by atoms with Crippen LogP contribution in [-0.4, -0.2) is 38.5 Å². The lowest BCUT2D eigenvalue weighted by Gasteiger charge is -2.29. The average Bonchev–Trinajstić information content (AvgIpc) is 3.51. The number of para-hydroxylation sites is 1. The minimum absolute atomic E-state index is 0.0587. The molecule has 9 nitrogen and oxygen atoms in total. The van der Waals surface area contributed by atoms with Crippen LogP contribution in [0.15, 0.2) is 66.2 Å². The summed E-state index contributed by atoms with van der Waals surface area (Å²) in [6.45, 7) is 3.83. The fourth-order valence-corrected chi connectivity index (χ4v) is 7.48. The third-order valence-electron chi connectivity index (χ3n) is 7.86. The lowest BCUT2D eigenvalue weighted by atomic mass is 9.95. The van der Waals surface area contributed by atoms with Crippen LogP contribution in [-0.2, 0) is 22.4 Å². The number of nitrogens with zero attached hydrogens (tertiary/aromatic N) is 2. The monoisotopic (exact) mass is 624 g/mol. The SMILES string of the molecule is Cc1cc(/C=C2\C(=O)NC(=S)N(c3ccc(C(=O)O)cc3)C2=O)c(C)n1-c1sc2c(c1C(=O)Nc1ccccc1)CCCC2. The maximum atomic E-state index is 13.8. The van der Waals surface area contributed by atoms with Gasteiger partial charge in [-0.2, -0.15) is 0 Å². The molecule has 0 bridgehead atoms. The first-order valence-corrected chi connectivity index (χ1v) is 15.3. The molecule has 1 fully saturated rings. The van der Waals surface area contributed by atoms with E-state index in [1.807, 2.05) is 54.8 Å². The van der Waals surface area contributed by atoms with E-state index in [9.17, 15) is 24.3 Å². The van der Waals surface area contributed by atoms with Crippen LogP contribution in [0.1, 0.15) is 60.9 Å². The van der Waals surface area contributed by atoms with Crippen molar-refractivity contribution in [2.75, 3.05) is 10.2 Å². The molecule has 2 aromatic carbocycles. The van der Waals surface area contributed by atoms with Gasteiger partial charge in [0.25, 0.3) is 17.7 Å². The summed E-state index contributed by atoms with van der Waals surface area (Å²) in [6, 6.07) is 16.9. The molecule has 4 aromatic rings. The number of rotatable bonds is 6. The van der Waals surface area contributed by atoms with Crippen LogP contribution in [0.25, 0.3) is 11.1 Å². The molecule has 3 N–H and O–H groups in total. The molecule has 11 heteroatoms. The number of aryl methyl sites for hydroxylation is 2. The van der Waals surface area contributed by atoms with Crippen LogP contribution in [0.3, 0.4) is 0 Å². The van der Waals surface area contributed by atoms with Crippen LogP contribution in [0.5, 0.6) is 0 Å². The number of carboxylic acids is 1. The highest BCUT2D eigenvalue weighted by atomic mass is 32.1. The summed E-state index contributed by atoms with van der Waals surface area (Å²) in [5.41, 5.74) is 5.00. The predicted molar refractivity (Wildman–Crippen MR) is 174 cm³/mol. The molecule has 3 heterocycles. The molecule has 3 amide bonds. The van der Waals surface area contributed by atoms with Crippen molar-refractivity contribution in [3.63, 3.8) is 0 Å². The number of aromatic carboxylic acids is 1. The Morgan fingerprint density at radius 1 is 1.02 bits per heavy atom. The highest BCUT2D eigenvalue weighted by molar-refractivity contribution is 7.80. The molecule has 1 aliphatic heterocycles. The van der Waals surface area contributed by atoms with Crippen LogP contribution < -0.4 is 15.5 Å². The van der Waals surface area contributed by atoms with Gasteiger partial charge in [-0.3, -0.25) is 24.6 Å². The number of hydrogen-bond donors (Lipinski definition) is 3. The van der Waals surface area contributed by atoms with E-state index in [0.717, 1.165) is 47.6 Å². The number of hydrogen-bond acceptors (Lipinski definition) is 6. The van der Waals surface area contributed by atoms with Crippen molar-refractivity contribution in [3.05, 3.63) is 105 Å². The standard InChI is InChI=1S/C33H28N4O5S2/c1-18-16-21(17-25-28(38)35-33(43)37(30(25)40)23-14-12-20(13-15-23)32(41)42)19(2)36(18)31-27(24-10-6-7-11-26(24)44-31)29(39)34-22-8-4-3-5-9-22/h3-5,8-9,12-17H,6-7,10-11H2,1-2H3,(H,34,39)(H,41,42)(H,35,38,43)/b25-17+. The van der Waals surface area contributed by atoms with Crippen molar-refractivity contribution in [2.45, 2.75) is 39.5 Å². The van der Waals surface area contributed by atoms with Gasteiger partial charge < -0.3 is 15.0 Å². The van der Waals surface area contributed by atoms with Gasteiger partial charge in [0.05, 0.1) is 16.8 Å². The van der Waals surface area contributed by atoms with Gasteiger partial charge in [0.15, 0.2) is 5.11 Å². The van der Waals surface area contributed by atoms with E-state index in [-0.39, 0.29) is 22.2 Å². The first kappa shape index (κ1) is 29.2. The molecule has 1 aliphatic carbocycles. The lowest BCUT2D eigenvalue weighted by Crippen LogP contribution is -2.54. The van der Waals surface area contributed by atoms with Crippen molar-refractivity contribution < 1.29 is 24.3 Å². The van der Waals surface area contributed by atoms with Gasteiger partial charge in [-0.15, -0.1) is 11.3 Å². The summed E-state index contributed by atoms with van der Waals surface area (Å²) in [5, 5.41) is 15.6. The largest absolute Gasteiger partial charge is 0.478 e. The molecular formula is C33H28N4O5S2. The molecule has 0 spiro atoms. The maximum Gasteiger partial charge on any atom is 0.335 e. The highest BCUT2D eigenvalue weighted by Crippen LogP contribution is 2.39. The minimum atomic E-state index is -1.10. The van der Waals surface area contributed by atoms with E-state index in [1.54, 1.807) is 11.3 Å². The van der Waals surface area contributed by atoms with Crippen LogP contribution in [0.4, 0.5) is 11.4 Å². The Bertz CT molecular complexity index is 1890. The van der Waals surface area contributed by atoms with Crippen LogP contribution >= 0.6 is 23.6 Å². The van der Waals surface area contributed by atoms with Crippen molar-refractivity contribution in [1.29, 1.82) is 0 Å². The zero-order valence-electron chi connectivity index (χ0n) is 24.0. The van der Waals surface area contributed by atoms with E-state index >= 15 is 0 Å². The first-order chi connectivity index (χ1) is 21.1. The van der Waals surface area contributed by atoms with Gasteiger partial charge in [-0.05, 0) is 111 Å². The van der Waals surface area contributed by atoms with E-state index in [4.69, 9.17) is 12.2 Å². The Morgan fingerprint density at radius 3 is 2.43 bits per heavy atom. The molecule has 2 aromatic heterocycles. The Labute approximate surface area is 262 Å². The number of carbonyl (C=O) groups is 4. The molecule has 1 saturated heterocycles. The number of carbonyl (C=O) groups excluding carboxylic acids is 3. The van der Waals surface area contributed by atoms with E-state index in [2.05, 4.69) is 10.6 Å². The summed E-state index contributed by atoms with van der Waals surface area (Å²) >= 11 is 6.91. The number of thiocarbonyl (C=S) groups is 1. The number of amides is 3. The Hall–Kier alpha value is -4.87. The third-order valence-corrected chi connectivity index (χ3v) is 9.42. The molecule has 0 atom stereocenters. The molecule has 222 valence electrons. The number of carboxylic acid groups (broad SMARTS) is 1. The number of anilines is 2. The summed E-state index contributed by atoms with van der Waals surface area (Å²) in [4.78, 5) is 54.1. The smallest absolute Gasteiger partial charge is 0.335 e. The van der Waals surface area contributed by atoms with E-state index in [0.29, 0.717) is 22.5 Å².